The van der Waals surface area contributed by atoms with Crippen LogP contribution >= 0.6 is 22.7 Å². The summed E-state index contributed by atoms with van der Waals surface area (Å²) in [7, 11) is 0. The lowest BCUT2D eigenvalue weighted by atomic mass is 10.00. The fourth-order valence-corrected chi connectivity index (χ4v) is 10.5. The zero-order valence-electron chi connectivity index (χ0n) is 31.5. The monoisotopic (exact) mass is 776 g/mol. The van der Waals surface area contributed by atoms with E-state index in [4.69, 9.17) is 0 Å². The van der Waals surface area contributed by atoms with E-state index < -0.39 is 0 Å². The molecule has 58 heavy (non-hydrogen) atoms. The fourth-order valence-electron chi connectivity index (χ4n) is 8.26. The van der Waals surface area contributed by atoms with E-state index >= 15 is 0 Å². The van der Waals surface area contributed by atoms with Gasteiger partial charge >= 0.3 is 0 Å². The van der Waals surface area contributed by atoms with E-state index in [1.54, 1.807) is 0 Å². The summed E-state index contributed by atoms with van der Waals surface area (Å²) >= 11 is 3.71. The molecule has 0 aliphatic rings. The van der Waals surface area contributed by atoms with Crippen molar-refractivity contribution in [3.63, 3.8) is 0 Å². The van der Waals surface area contributed by atoms with Crippen molar-refractivity contribution in [2.24, 2.45) is 0 Å². The molecular formula is C54H36N2S2. The van der Waals surface area contributed by atoms with Crippen molar-refractivity contribution in [2.75, 3.05) is 9.80 Å². The Hall–Kier alpha value is -6.98. The van der Waals surface area contributed by atoms with E-state index in [0.29, 0.717) is 0 Å². The maximum absolute atomic E-state index is 2.42. The van der Waals surface area contributed by atoms with E-state index in [0.717, 1.165) is 39.7 Å². The lowest BCUT2D eigenvalue weighted by Crippen LogP contribution is -2.13. The second kappa shape index (κ2) is 14.5. The Morgan fingerprint density at radius 1 is 0.224 bits per heavy atom. The summed E-state index contributed by atoms with van der Waals surface area (Å²) < 4.78 is 5.19. The second-order valence-electron chi connectivity index (χ2n) is 14.6. The van der Waals surface area contributed by atoms with E-state index in [2.05, 4.69) is 228 Å². The van der Waals surface area contributed by atoms with Crippen molar-refractivity contribution >= 4 is 97.1 Å². The van der Waals surface area contributed by atoms with Crippen molar-refractivity contribution in [3.8, 4) is 22.3 Å². The third-order valence-corrected chi connectivity index (χ3v) is 13.3. The number of nitrogens with zero attached hydrogens (tertiary/aromatic N) is 2. The summed E-state index contributed by atoms with van der Waals surface area (Å²) in [6, 6.07) is 79.5. The summed E-state index contributed by atoms with van der Waals surface area (Å²) in [6.07, 6.45) is 0. The lowest BCUT2D eigenvalue weighted by Gasteiger charge is -2.30. The fraction of sp³-hybridized carbons (Fsp3) is 0. The Balaban J connectivity index is 1.15. The van der Waals surface area contributed by atoms with Crippen LogP contribution in [0.5, 0.6) is 0 Å². The number of hydrogen-bond donors (Lipinski definition) is 0. The predicted octanol–water partition coefficient (Wildman–Crippen LogP) is 16.7. The van der Waals surface area contributed by atoms with Crippen molar-refractivity contribution in [2.45, 2.75) is 0 Å². The van der Waals surface area contributed by atoms with Crippen molar-refractivity contribution in [1.82, 2.24) is 0 Å². The van der Waals surface area contributed by atoms with Crippen molar-refractivity contribution in [1.29, 1.82) is 0 Å². The van der Waals surface area contributed by atoms with Gasteiger partial charge in [0.1, 0.15) is 0 Å². The number of anilines is 6. The lowest BCUT2D eigenvalue weighted by molar-refractivity contribution is 1.25. The van der Waals surface area contributed by atoms with Gasteiger partial charge in [-0.15, -0.1) is 22.7 Å². The largest absolute Gasteiger partial charge is 0.310 e. The van der Waals surface area contributed by atoms with Crippen LogP contribution in [0.3, 0.4) is 0 Å². The molecule has 2 nitrogen and oxygen atoms in total. The Bertz CT molecular complexity index is 3220. The molecule has 0 spiro atoms. The number of para-hydroxylation sites is 2. The van der Waals surface area contributed by atoms with E-state index in [1.165, 1.54) is 57.0 Å². The highest BCUT2D eigenvalue weighted by molar-refractivity contribution is 7.26. The number of hydrogen-bond acceptors (Lipinski definition) is 4. The van der Waals surface area contributed by atoms with Crippen LogP contribution in [-0.2, 0) is 0 Å². The van der Waals surface area contributed by atoms with Gasteiger partial charge in [-0.25, -0.2) is 0 Å². The molecule has 0 saturated heterocycles. The van der Waals surface area contributed by atoms with Gasteiger partial charge in [0, 0.05) is 74.5 Å². The number of benzene rings is 9. The van der Waals surface area contributed by atoms with Gasteiger partial charge in [0.05, 0.1) is 0 Å². The Morgan fingerprint density at radius 2 is 0.672 bits per heavy atom. The van der Waals surface area contributed by atoms with Crippen LogP contribution in [0, 0.1) is 0 Å². The summed E-state index contributed by atoms with van der Waals surface area (Å²) in [4.78, 5) is 4.80. The summed E-state index contributed by atoms with van der Waals surface area (Å²) in [6.45, 7) is 0. The molecule has 0 N–H and O–H groups in total. The van der Waals surface area contributed by atoms with Gasteiger partial charge in [-0.05, 0) is 113 Å². The van der Waals surface area contributed by atoms with Crippen LogP contribution in [-0.4, -0.2) is 0 Å². The highest BCUT2D eigenvalue weighted by Crippen LogP contribution is 2.46. The minimum absolute atomic E-state index is 1.07. The molecule has 11 aromatic rings. The molecule has 0 fully saturated rings. The van der Waals surface area contributed by atoms with Crippen molar-refractivity contribution < 1.29 is 0 Å². The Kier molecular flexibility index (Phi) is 8.58. The topological polar surface area (TPSA) is 6.48 Å². The molecular weight excluding hydrogens is 741 g/mol. The third-order valence-electron chi connectivity index (χ3n) is 11.0. The number of rotatable bonds is 8. The SMILES string of the molecule is c1ccc(-c2ccc(N(c3ccccc3)c3cc(-c4ccc5c(c4)sc4ccccc45)cc(N(c4ccccc4)c4ccc5sc6ccccc6c5c4)c3)cc2)cc1. The molecule has 4 heteroatoms. The molecule has 2 heterocycles. The molecule has 0 radical (unpaired) electrons. The van der Waals surface area contributed by atoms with Gasteiger partial charge in [0.25, 0.3) is 0 Å². The van der Waals surface area contributed by atoms with Gasteiger partial charge in [0.15, 0.2) is 0 Å². The summed E-state index contributed by atoms with van der Waals surface area (Å²) in [5.74, 6) is 0. The van der Waals surface area contributed by atoms with Gasteiger partial charge in [-0.1, -0.05) is 127 Å². The predicted molar refractivity (Wildman–Crippen MR) is 252 cm³/mol. The molecule has 0 saturated carbocycles. The zero-order chi connectivity index (χ0) is 38.4. The first-order valence-electron chi connectivity index (χ1n) is 19.6. The van der Waals surface area contributed by atoms with Crippen LogP contribution in [0.15, 0.2) is 218 Å². The molecule has 0 amide bonds. The van der Waals surface area contributed by atoms with Crippen LogP contribution in [0.4, 0.5) is 34.1 Å². The second-order valence-corrected chi connectivity index (χ2v) is 16.7. The maximum Gasteiger partial charge on any atom is 0.0488 e. The number of thiophene rings is 2. The molecule has 2 aromatic heterocycles. The van der Waals surface area contributed by atoms with Crippen LogP contribution in [0.25, 0.3) is 62.6 Å². The van der Waals surface area contributed by atoms with Crippen LogP contribution in [0.1, 0.15) is 0 Å². The molecule has 0 aliphatic heterocycles. The summed E-state index contributed by atoms with van der Waals surface area (Å²) in [5.41, 5.74) is 11.3. The molecule has 274 valence electrons. The highest BCUT2D eigenvalue weighted by Gasteiger charge is 2.21. The molecule has 0 aliphatic carbocycles. The average Bonchev–Trinajstić information content (AvgIpc) is 3.86. The minimum Gasteiger partial charge on any atom is -0.310 e. The number of fused-ring (bicyclic) bond motifs is 6. The van der Waals surface area contributed by atoms with Crippen molar-refractivity contribution in [3.05, 3.63) is 218 Å². The van der Waals surface area contributed by atoms with Gasteiger partial charge in [0.2, 0.25) is 0 Å². The minimum atomic E-state index is 1.07. The quantitative estimate of drug-likeness (QED) is 0.152. The standard InChI is InChI=1S/C54H36N2S2/c1-4-14-37(15-5-1)38-24-27-43(28-25-38)55(41-16-6-2-7-17-41)45-32-40(39-26-30-49-47-20-10-12-22-51(47)58-54(49)34-39)33-46(35-45)56(42-18-8-3-9-19-42)44-29-31-53-50(36-44)48-21-11-13-23-52(48)57-53/h1-36H. The van der Waals surface area contributed by atoms with Gasteiger partial charge < -0.3 is 9.80 Å². The normalized spacial score (nSPS) is 11.4. The van der Waals surface area contributed by atoms with Gasteiger partial charge in [-0.2, -0.15) is 0 Å². The Morgan fingerprint density at radius 3 is 1.33 bits per heavy atom. The first-order valence-corrected chi connectivity index (χ1v) is 21.2. The molecule has 0 bridgehead atoms. The van der Waals surface area contributed by atoms with Gasteiger partial charge in [-0.3, -0.25) is 0 Å². The third kappa shape index (κ3) is 6.20. The first-order chi connectivity index (χ1) is 28.7. The van der Waals surface area contributed by atoms with E-state index in [1.807, 2.05) is 22.7 Å². The zero-order valence-corrected chi connectivity index (χ0v) is 33.1. The average molecular weight is 777 g/mol. The van der Waals surface area contributed by atoms with E-state index in [-0.39, 0.29) is 0 Å². The summed E-state index contributed by atoms with van der Waals surface area (Å²) in [5, 5.41) is 5.17. The molecule has 0 unspecified atom stereocenters. The molecule has 9 aromatic carbocycles. The highest BCUT2D eigenvalue weighted by atomic mass is 32.1. The molecule has 0 atom stereocenters. The maximum atomic E-state index is 2.42. The first kappa shape index (κ1) is 34.3. The van der Waals surface area contributed by atoms with Crippen LogP contribution < -0.4 is 9.80 Å². The molecule has 11 rings (SSSR count). The van der Waals surface area contributed by atoms with Crippen LogP contribution in [0.2, 0.25) is 0 Å². The Labute approximate surface area is 345 Å². The smallest absolute Gasteiger partial charge is 0.0488 e. The van der Waals surface area contributed by atoms with E-state index in [9.17, 15) is 0 Å².